The van der Waals surface area contributed by atoms with Crippen LogP contribution in [0.3, 0.4) is 0 Å². The van der Waals surface area contributed by atoms with Gasteiger partial charge in [-0.15, -0.1) is 0 Å². The number of hydrogen-bond acceptors (Lipinski definition) is 8. The van der Waals surface area contributed by atoms with Gasteiger partial charge >= 0.3 is 23.9 Å². The molecule has 118 valence electrons. The summed E-state index contributed by atoms with van der Waals surface area (Å²) < 4.78 is 20.0. The number of rotatable bonds is 6. The first-order chi connectivity index (χ1) is 9.79. The van der Waals surface area contributed by atoms with E-state index in [1.54, 1.807) is 0 Å². The van der Waals surface area contributed by atoms with Crippen molar-refractivity contribution in [3.63, 3.8) is 0 Å². The van der Waals surface area contributed by atoms with Gasteiger partial charge in [-0.3, -0.25) is 19.2 Å². The van der Waals surface area contributed by atoms with Crippen molar-refractivity contribution < 1.29 is 38.1 Å². The van der Waals surface area contributed by atoms with Gasteiger partial charge in [-0.2, -0.15) is 0 Å². The highest BCUT2D eigenvalue weighted by atomic mass is 16.6. The third kappa shape index (κ3) is 5.80. The molecule has 0 saturated carbocycles. The summed E-state index contributed by atoms with van der Waals surface area (Å²) in [5, 5.41) is 0. The van der Waals surface area contributed by atoms with Crippen molar-refractivity contribution in [1.29, 1.82) is 0 Å². The van der Waals surface area contributed by atoms with Gasteiger partial charge in [-0.05, 0) is 6.42 Å². The molecule has 8 heteroatoms. The zero-order valence-corrected chi connectivity index (χ0v) is 12.1. The maximum absolute atomic E-state index is 11.2. The van der Waals surface area contributed by atoms with Crippen molar-refractivity contribution in [2.24, 2.45) is 0 Å². The molecule has 8 nitrogen and oxygen atoms in total. The normalized spacial score (nSPS) is 20.1. The van der Waals surface area contributed by atoms with Crippen molar-refractivity contribution in [2.45, 2.75) is 51.9 Å². The van der Waals surface area contributed by atoms with Crippen LogP contribution < -0.4 is 0 Å². The molecule has 0 unspecified atom stereocenters. The van der Waals surface area contributed by atoms with Crippen molar-refractivity contribution in [3.05, 3.63) is 0 Å². The van der Waals surface area contributed by atoms with Gasteiger partial charge in [-0.1, -0.05) is 0 Å². The fraction of sp³-hybridized carbons (Fsp3) is 0.692. The van der Waals surface area contributed by atoms with E-state index in [-0.39, 0.29) is 13.0 Å². The molecule has 0 aliphatic carbocycles. The van der Waals surface area contributed by atoms with Crippen LogP contribution >= 0.6 is 0 Å². The van der Waals surface area contributed by atoms with Crippen molar-refractivity contribution in [2.75, 3.05) is 6.61 Å². The van der Waals surface area contributed by atoms with E-state index in [2.05, 4.69) is 0 Å². The van der Waals surface area contributed by atoms with Crippen molar-refractivity contribution in [1.82, 2.24) is 0 Å². The van der Waals surface area contributed by atoms with Crippen LogP contribution in [0.5, 0.6) is 0 Å². The Morgan fingerprint density at radius 1 is 1.14 bits per heavy atom. The molecule has 1 heterocycles. The molecule has 1 aliphatic heterocycles. The Kier molecular flexibility index (Phi) is 6.13. The van der Waals surface area contributed by atoms with Crippen LogP contribution in [0.25, 0.3) is 0 Å². The molecular formula is C13H18O8. The summed E-state index contributed by atoms with van der Waals surface area (Å²) in [6, 6.07) is 0. The van der Waals surface area contributed by atoms with E-state index in [1.807, 2.05) is 0 Å². The quantitative estimate of drug-likeness (QED) is 0.503. The lowest BCUT2D eigenvalue weighted by Gasteiger charge is -2.29. The smallest absolute Gasteiger partial charge is 0.306 e. The first-order valence-electron chi connectivity index (χ1n) is 6.47. The SMILES string of the molecule is CC(=O)OC[C@H](OC(C)=O)[C@H](OC(C)=O)[C@@H]1CCC(=O)O1. The van der Waals surface area contributed by atoms with E-state index in [4.69, 9.17) is 18.9 Å². The molecule has 21 heavy (non-hydrogen) atoms. The predicted octanol–water partition coefficient (Wildman–Crippen LogP) is 0.119. The maximum Gasteiger partial charge on any atom is 0.306 e. The van der Waals surface area contributed by atoms with E-state index >= 15 is 0 Å². The Hall–Kier alpha value is -2.12. The van der Waals surface area contributed by atoms with E-state index in [0.29, 0.717) is 6.42 Å². The molecule has 1 aliphatic rings. The van der Waals surface area contributed by atoms with Gasteiger partial charge in [0.2, 0.25) is 0 Å². The van der Waals surface area contributed by atoms with E-state index in [0.717, 1.165) is 0 Å². The van der Waals surface area contributed by atoms with Gasteiger partial charge < -0.3 is 18.9 Å². The largest absolute Gasteiger partial charge is 0.462 e. The molecule has 0 amide bonds. The molecule has 1 fully saturated rings. The Morgan fingerprint density at radius 3 is 2.19 bits per heavy atom. The topological polar surface area (TPSA) is 105 Å². The third-order valence-electron chi connectivity index (χ3n) is 2.72. The summed E-state index contributed by atoms with van der Waals surface area (Å²) in [7, 11) is 0. The van der Waals surface area contributed by atoms with Gasteiger partial charge in [0.25, 0.3) is 0 Å². The molecule has 1 rings (SSSR count). The van der Waals surface area contributed by atoms with Gasteiger partial charge in [0.1, 0.15) is 12.7 Å². The third-order valence-corrected chi connectivity index (χ3v) is 2.72. The Balaban J connectivity index is 2.86. The molecule has 0 radical (unpaired) electrons. The van der Waals surface area contributed by atoms with Crippen molar-refractivity contribution >= 4 is 23.9 Å². The average Bonchev–Trinajstić information content (AvgIpc) is 2.77. The molecule has 1 saturated heterocycles. The lowest BCUT2D eigenvalue weighted by atomic mass is 10.1. The Bertz CT molecular complexity index is 430. The fourth-order valence-electron chi connectivity index (χ4n) is 1.97. The predicted molar refractivity (Wildman–Crippen MR) is 66.9 cm³/mol. The molecular weight excluding hydrogens is 284 g/mol. The van der Waals surface area contributed by atoms with Crippen LogP contribution in [0.2, 0.25) is 0 Å². The molecule has 0 N–H and O–H groups in total. The van der Waals surface area contributed by atoms with E-state index in [9.17, 15) is 19.2 Å². The summed E-state index contributed by atoms with van der Waals surface area (Å²) in [6.07, 6.45) is -2.28. The van der Waals surface area contributed by atoms with E-state index in [1.165, 1.54) is 20.8 Å². The number of carbonyl (C=O) groups is 4. The highest BCUT2D eigenvalue weighted by molar-refractivity contribution is 5.72. The van der Waals surface area contributed by atoms with Crippen LogP contribution in [0.15, 0.2) is 0 Å². The van der Waals surface area contributed by atoms with Gasteiger partial charge in [0.15, 0.2) is 12.2 Å². The van der Waals surface area contributed by atoms with Gasteiger partial charge in [0, 0.05) is 27.2 Å². The van der Waals surface area contributed by atoms with Crippen LogP contribution in [0.4, 0.5) is 0 Å². The summed E-state index contributed by atoms with van der Waals surface area (Å²) in [5.41, 5.74) is 0. The monoisotopic (exact) mass is 302 g/mol. The number of ether oxygens (including phenoxy) is 4. The van der Waals surface area contributed by atoms with Crippen LogP contribution in [0, 0.1) is 0 Å². The standard InChI is InChI=1S/C13H18O8/c1-7(14)18-6-11(19-8(2)15)13(20-9(3)16)10-4-5-12(17)21-10/h10-11,13H,4-6H2,1-3H3/t10-,11-,13+/m0/s1. The summed E-state index contributed by atoms with van der Waals surface area (Å²) in [5.74, 6) is -2.25. The molecule has 0 bridgehead atoms. The summed E-state index contributed by atoms with van der Waals surface area (Å²) in [4.78, 5) is 44.5. The van der Waals surface area contributed by atoms with Crippen LogP contribution in [0.1, 0.15) is 33.6 Å². The number of esters is 4. The number of carbonyl (C=O) groups excluding carboxylic acids is 4. The summed E-state index contributed by atoms with van der Waals surface area (Å²) in [6.45, 7) is 3.26. The molecule has 3 atom stereocenters. The van der Waals surface area contributed by atoms with Gasteiger partial charge in [-0.25, -0.2) is 0 Å². The number of cyclic esters (lactones) is 1. The fourth-order valence-corrected chi connectivity index (χ4v) is 1.97. The Labute approximate surface area is 121 Å². The van der Waals surface area contributed by atoms with E-state index < -0.39 is 42.2 Å². The second-order valence-corrected chi connectivity index (χ2v) is 4.59. The minimum Gasteiger partial charge on any atom is -0.462 e. The van der Waals surface area contributed by atoms with Crippen LogP contribution in [-0.4, -0.2) is 48.8 Å². The minimum absolute atomic E-state index is 0.183. The van der Waals surface area contributed by atoms with Crippen molar-refractivity contribution in [3.8, 4) is 0 Å². The van der Waals surface area contributed by atoms with Gasteiger partial charge in [0.05, 0.1) is 0 Å². The highest BCUT2D eigenvalue weighted by Crippen LogP contribution is 2.23. The first-order valence-corrected chi connectivity index (χ1v) is 6.47. The zero-order chi connectivity index (χ0) is 16.0. The lowest BCUT2D eigenvalue weighted by molar-refractivity contribution is -0.185. The minimum atomic E-state index is -1.04. The second kappa shape index (κ2) is 7.61. The molecule has 0 aromatic rings. The molecule has 0 spiro atoms. The second-order valence-electron chi connectivity index (χ2n) is 4.59. The summed E-state index contributed by atoms with van der Waals surface area (Å²) >= 11 is 0. The highest BCUT2D eigenvalue weighted by Gasteiger charge is 2.40. The zero-order valence-electron chi connectivity index (χ0n) is 12.1. The lowest BCUT2D eigenvalue weighted by Crippen LogP contribution is -2.45. The first kappa shape index (κ1) is 16.9. The molecule has 0 aromatic heterocycles. The van der Waals surface area contributed by atoms with Crippen LogP contribution in [-0.2, 0) is 38.1 Å². The number of hydrogen-bond donors (Lipinski definition) is 0. The maximum atomic E-state index is 11.2. The average molecular weight is 302 g/mol. The Morgan fingerprint density at radius 2 is 1.76 bits per heavy atom. The molecule has 0 aromatic carbocycles.